The van der Waals surface area contributed by atoms with Crippen LogP contribution in [0.1, 0.15) is 0 Å². The second-order valence-corrected chi connectivity index (χ2v) is 6.10. The standard InChI is InChI=1S/C13H12ClN3O3S/c14-9-4-3-5-10(8-9)16-13(18)17-11-6-1-2-7-12(11)21(15,19)20/h1-8H,(H2,15,19,20)(H2,16,17,18). The van der Waals surface area contributed by atoms with Gasteiger partial charge in [0.1, 0.15) is 4.90 Å². The lowest BCUT2D eigenvalue weighted by molar-refractivity contribution is 0.262. The molecule has 0 aliphatic rings. The minimum Gasteiger partial charge on any atom is -0.308 e. The summed E-state index contributed by atoms with van der Waals surface area (Å²) in [7, 11) is -3.92. The lowest BCUT2D eigenvalue weighted by Crippen LogP contribution is -2.22. The topological polar surface area (TPSA) is 101 Å². The van der Waals surface area contributed by atoms with Gasteiger partial charge in [-0.3, -0.25) is 0 Å². The molecule has 0 bridgehead atoms. The molecule has 2 aromatic carbocycles. The molecule has 0 saturated heterocycles. The number of nitrogens with one attached hydrogen (secondary N) is 2. The van der Waals surface area contributed by atoms with Crippen LogP contribution in [-0.4, -0.2) is 14.4 Å². The molecule has 2 amide bonds. The summed E-state index contributed by atoms with van der Waals surface area (Å²) in [6.45, 7) is 0. The van der Waals surface area contributed by atoms with Crippen molar-refractivity contribution < 1.29 is 13.2 Å². The van der Waals surface area contributed by atoms with E-state index in [1.165, 1.54) is 18.2 Å². The van der Waals surface area contributed by atoms with Gasteiger partial charge in [0, 0.05) is 10.7 Å². The van der Waals surface area contributed by atoms with Gasteiger partial charge in [-0.15, -0.1) is 0 Å². The molecule has 110 valence electrons. The predicted octanol–water partition coefficient (Wildman–Crippen LogP) is 2.63. The van der Waals surface area contributed by atoms with E-state index >= 15 is 0 Å². The van der Waals surface area contributed by atoms with Crippen molar-refractivity contribution in [2.24, 2.45) is 5.14 Å². The first-order valence-electron chi connectivity index (χ1n) is 5.81. The van der Waals surface area contributed by atoms with E-state index in [0.717, 1.165) is 0 Å². The third-order valence-electron chi connectivity index (χ3n) is 2.52. The molecule has 2 aromatic rings. The molecule has 0 aliphatic carbocycles. The summed E-state index contributed by atoms with van der Waals surface area (Å²) in [5, 5.41) is 10.5. The van der Waals surface area contributed by atoms with Crippen molar-refractivity contribution in [2.75, 3.05) is 10.6 Å². The van der Waals surface area contributed by atoms with Crippen molar-refractivity contribution in [3.8, 4) is 0 Å². The maximum absolute atomic E-state index is 11.9. The minimum absolute atomic E-state index is 0.0968. The number of hydrogen-bond acceptors (Lipinski definition) is 3. The summed E-state index contributed by atoms with van der Waals surface area (Å²) in [6, 6.07) is 11.8. The Kier molecular flexibility index (Phi) is 4.46. The van der Waals surface area contributed by atoms with Crippen LogP contribution in [0.3, 0.4) is 0 Å². The molecule has 4 N–H and O–H groups in total. The maximum atomic E-state index is 11.9. The largest absolute Gasteiger partial charge is 0.323 e. The lowest BCUT2D eigenvalue weighted by atomic mass is 10.3. The third kappa shape index (κ3) is 4.19. The number of benzene rings is 2. The first-order chi connectivity index (χ1) is 9.86. The third-order valence-corrected chi connectivity index (χ3v) is 3.73. The van der Waals surface area contributed by atoms with Crippen LogP contribution in [0.25, 0.3) is 0 Å². The summed E-state index contributed by atoms with van der Waals surface area (Å²) in [5.74, 6) is 0. The number of rotatable bonds is 3. The Morgan fingerprint density at radius 3 is 2.43 bits per heavy atom. The van der Waals surface area contributed by atoms with Crippen LogP contribution in [0.5, 0.6) is 0 Å². The Morgan fingerprint density at radius 1 is 1.05 bits per heavy atom. The monoisotopic (exact) mass is 325 g/mol. The Bertz CT molecular complexity index is 778. The van der Waals surface area contributed by atoms with E-state index in [1.54, 1.807) is 30.3 Å². The summed E-state index contributed by atoms with van der Waals surface area (Å²) in [4.78, 5) is 11.7. The molecule has 21 heavy (non-hydrogen) atoms. The van der Waals surface area contributed by atoms with Gasteiger partial charge in [-0.1, -0.05) is 29.8 Å². The van der Waals surface area contributed by atoms with E-state index in [0.29, 0.717) is 10.7 Å². The van der Waals surface area contributed by atoms with Crippen LogP contribution in [0.2, 0.25) is 5.02 Å². The lowest BCUT2D eigenvalue weighted by Gasteiger charge is -2.10. The van der Waals surface area contributed by atoms with Crippen molar-refractivity contribution in [1.82, 2.24) is 0 Å². The first kappa shape index (κ1) is 15.3. The summed E-state index contributed by atoms with van der Waals surface area (Å²) >= 11 is 5.81. The van der Waals surface area contributed by atoms with Crippen LogP contribution >= 0.6 is 11.6 Å². The fourth-order valence-corrected chi connectivity index (χ4v) is 2.55. The number of nitrogens with two attached hydrogens (primary N) is 1. The molecule has 6 nitrogen and oxygen atoms in total. The van der Waals surface area contributed by atoms with Gasteiger partial charge in [-0.05, 0) is 30.3 Å². The van der Waals surface area contributed by atoms with Crippen molar-refractivity contribution >= 4 is 39.0 Å². The number of urea groups is 1. The Morgan fingerprint density at radius 2 is 1.76 bits per heavy atom. The van der Waals surface area contributed by atoms with E-state index in [2.05, 4.69) is 10.6 Å². The number of halogens is 1. The number of primary sulfonamides is 1. The first-order valence-corrected chi connectivity index (χ1v) is 7.74. The fourth-order valence-electron chi connectivity index (χ4n) is 1.67. The highest BCUT2D eigenvalue weighted by atomic mass is 35.5. The molecule has 8 heteroatoms. The number of para-hydroxylation sites is 1. The van der Waals surface area contributed by atoms with Gasteiger partial charge < -0.3 is 10.6 Å². The second kappa shape index (κ2) is 6.13. The van der Waals surface area contributed by atoms with Crippen molar-refractivity contribution in [2.45, 2.75) is 4.90 Å². The van der Waals surface area contributed by atoms with Gasteiger partial charge in [0.15, 0.2) is 0 Å². The number of carbonyl (C=O) groups is 1. The number of carbonyl (C=O) groups excluding carboxylic acids is 1. The zero-order valence-corrected chi connectivity index (χ0v) is 12.3. The summed E-state index contributed by atoms with van der Waals surface area (Å²) in [5.41, 5.74) is 0.576. The molecular formula is C13H12ClN3O3S. The van der Waals surface area contributed by atoms with Crippen LogP contribution < -0.4 is 15.8 Å². The SMILES string of the molecule is NS(=O)(=O)c1ccccc1NC(=O)Nc1cccc(Cl)c1. The van der Waals surface area contributed by atoms with Crippen LogP contribution in [0.4, 0.5) is 16.2 Å². The maximum Gasteiger partial charge on any atom is 0.323 e. The van der Waals surface area contributed by atoms with Gasteiger partial charge in [-0.25, -0.2) is 18.4 Å². The predicted molar refractivity (Wildman–Crippen MR) is 81.9 cm³/mol. The highest BCUT2D eigenvalue weighted by Crippen LogP contribution is 2.20. The molecule has 0 unspecified atom stereocenters. The van der Waals surface area contributed by atoms with E-state index in [-0.39, 0.29) is 10.6 Å². The van der Waals surface area contributed by atoms with Crippen molar-refractivity contribution in [1.29, 1.82) is 0 Å². The number of anilines is 2. The van der Waals surface area contributed by atoms with Gasteiger partial charge in [0.25, 0.3) is 0 Å². The van der Waals surface area contributed by atoms with E-state index < -0.39 is 16.1 Å². The fraction of sp³-hybridized carbons (Fsp3) is 0. The zero-order chi connectivity index (χ0) is 15.5. The Labute approximate surface area is 127 Å². The highest BCUT2D eigenvalue weighted by Gasteiger charge is 2.15. The average Bonchev–Trinajstić information content (AvgIpc) is 2.37. The van der Waals surface area contributed by atoms with Gasteiger partial charge in [-0.2, -0.15) is 0 Å². The normalized spacial score (nSPS) is 11.0. The second-order valence-electron chi connectivity index (χ2n) is 4.13. The quantitative estimate of drug-likeness (QED) is 0.808. The average molecular weight is 326 g/mol. The van der Waals surface area contributed by atoms with E-state index in [4.69, 9.17) is 16.7 Å². The molecule has 0 saturated carbocycles. The number of sulfonamides is 1. The number of hydrogen-bond donors (Lipinski definition) is 3. The Hall–Kier alpha value is -2.09. The van der Waals surface area contributed by atoms with Crippen LogP contribution in [0.15, 0.2) is 53.4 Å². The smallest absolute Gasteiger partial charge is 0.308 e. The molecule has 0 aromatic heterocycles. The highest BCUT2D eigenvalue weighted by molar-refractivity contribution is 7.89. The zero-order valence-electron chi connectivity index (χ0n) is 10.7. The molecule has 0 heterocycles. The molecule has 0 fully saturated rings. The number of amides is 2. The van der Waals surface area contributed by atoms with E-state index in [1.807, 2.05) is 0 Å². The van der Waals surface area contributed by atoms with Crippen molar-refractivity contribution in [3.63, 3.8) is 0 Å². The van der Waals surface area contributed by atoms with Crippen LogP contribution in [0, 0.1) is 0 Å². The molecule has 0 radical (unpaired) electrons. The molecule has 0 aliphatic heterocycles. The van der Waals surface area contributed by atoms with Gasteiger partial charge >= 0.3 is 6.03 Å². The van der Waals surface area contributed by atoms with Gasteiger partial charge in [0.05, 0.1) is 5.69 Å². The molecular weight excluding hydrogens is 314 g/mol. The van der Waals surface area contributed by atoms with E-state index in [9.17, 15) is 13.2 Å². The molecule has 0 spiro atoms. The molecule has 2 rings (SSSR count). The van der Waals surface area contributed by atoms with Crippen molar-refractivity contribution in [3.05, 3.63) is 53.6 Å². The minimum atomic E-state index is -3.92. The molecule has 0 atom stereocenters. The summed E-state index contributed by atoms with van der Waals surface area (Å²) in [6.07, 6.45) is 0. The van der Waals surface area contributed by atoms with Crippen LogP contribution in [-0.2, 0) is 10.0 Å². The summed E-state index contributed by atoms with van der Waals surface area (Å²) < 4.78 is 22.9. The Balaban J connectivity index is 2.17. The van der Waals surface area contributed by atoms with Gasteiger partial charge in [0.2, 0.25) is 10.0 Å².